The van der Waals surface area contributed by atoms with Crippen LogP contribution >= 0.6 is 0 Å². The summed E-state index contributed by atoms with van der Waals surface area (Å²) < 4.78 is 30.6. The molecule has 1 aliphatic rings. The van der Waals surface area contributed by atoms with Crippen LogP contribution in [0, 0.1) is 0 Å². The Kier molecular flexibility index (Phi) is 4.40. The number of carbonyl (C=O) groups excluding carboxylic acids is 1. The lowest BCUT2D eigenvalue weighted by atomic mass is 10.2. The Bertz CT molecular complexity index is 874. The number of likely N-dealkylation sites (N-methyl/N-ethyl adjacent to an activating group) is 1. The van der Waals surface area contributed by atoms with Crippen LogP contribution in [0.15, 0.2) is 66.4 Å². The monoisotopic (exact) mass is 343 g/mol. The van der Waals surface area contributed by atoms with Crippen molar-refractivity contribution in [3.8, 4) is 0 Å². The normalized spacial score (nSPS) is 16.4. The molecule has 124 valence electrons. The number of para-hydroxylation sites is 1. The fraction of sp³-hybridized carbons (Fsp3) is 0.167. The molecule has 0 bridgehead atoms. The van der Waals surface area contributed by atoms with Gasteiger partial charge in [0.1, 0.15) is 11.5 Å². The Hall–Kier alpha value is -2.60. The molecule has 6 heteroatoms. The molecule has 0 radical (unpaired) electrons. The number of carbonyl (C=O) groups is 1. The van der Waals surface area contributed by atoms with Crippen LogP contribution in [0.5, 0.6) is 0 Å². The highest BCUT2D eigenvalue weighted by Gasteiger charge is 2.34. The zero-order chi connectivity index (χ0) is 17.2. The second kappa shape index (κ2) is 6.49. The van der Waals surface area contributed by atoms with Crippen LogP contribution < -0.4 is 4.90 Å². The van der Waals surface area contributed by atoms with Crippen LogP contribution in [0.4, 0.5) is 5.69 Å². The van der Waals surface area contributed by atoms with E-state index in [9.17, 15) is 13.2 Å². The predicted octanol–water partition coefficient (Wildman–Crippen LogP) is 2.46. The molecule has 0 N–H and O–H groups in total. The molecule has 2 aromatic rings. The standard InChI is InChI=1S/C18H17NO4S/c1-19(15-10-6-3-7-11-15)18(20)16-17(14-8-4-2-5-9-14)24(21,22)13-12-23-16/h2-11H,12-13H2,1H3. The third-order valence-electron chi connectivity index (χ3n) is 3.79. The molecule has 0 saturated carbocycles. The molecule has 3 rings (SSSR count). The van der Waals surface area contributed by atoms with Gasteiger partial charge in [-0.3, -0.25) is 4.79 Å². The van der Waals surface area contributed by atoms with Crippen molar-refractivity contribution in [3.63, 3.8) is 0 Å². The molecular weight excluding hydrogens is 326 g/mol. The molecule has 0 unspecified atom stereocenters. The molecule has 0 aliphatic carbocycles. The average Bonchev–Trinajstić information content (AvgIpc) is 2.61. The first-order valence-corrected chi connectivity index (χ1v) is 9.14. The highest BCUT2D eigenvalue weighted by atomic mass is 32.2. The molecule has 0 spiro atoms. The van der Waals surface area contributed by atoms with Crippen molar-refractivity contribution >= 4 is 26.3 Å². The Morgan fingerprint density at radius 3 is 2.21 bits per heavy atom. The SMILES string of the molecule is CN(C(=O)C1=C(c2ccccc2)S(=O)(=O)CCO1)c1ccccc1. The molecule has 1 heterocycles. The molecule has 0 fully saturated rings. The molecule has 1 aliphatic heterocycles. The number of ether oxygens (including phenoxy) is 1. The Labute approximate surface area is 141 Å². The van der Waals surface area contributed by atoms with Gasteiger partial charge in [-0.2, -0.15) is 0 Å². The lowest BCUT2D eigenvalue weighted by Gasteiger charge is -2.25. The van der Waals surface area contributed by atoms with Gasteiger partial charge in [-0.05, 0) is 17.7 Å². The van der Waals surface area contributed by atoms with E-state index in [0.717, 1.165) is 0 Å². The van der Waals surface area contributed by atoms with E-state index >= 15 is 0 Å². The molecule has 1 amide bonds. The summed E-state index contributed by atoms with van der Waals surface area (Å²) in [5.41, 5.74) is 1.12. The summed E-state index contributed by atoms with van der Waals surface area (Å²) in [5.74, 6) is -0.745. The minimum Gasteiger partial charge on any atom is -0.486 e. The number of hydrogen-bond donors (Lipinski definition) is 0. The van der Waals surface area contributed by atoms with Gasteiger partial charge in [0, 0.05) is 12.7 Å². The van der Waals surface area contributed by atoms with Crippen LogP contribution in [0.2, 0.25) is 0 Å². The molecule has 24 heavy (non-hydrogen) atoms. The number of benzene rings is 2. The number of rotatable bonds is 3. The average molecular weight is 343 g/mol. The second-order valence-electron chi connectivity index (χ2n) is 5.39. The van der Waals surface area contributed by atoms with Gasteiger partial charge in [-0.25, -0.2) is 8.42 Å². The second-order valence-corrected chi connectivity index (χ2v) is 7.44. The van der Waals surface area contributed by atoms with E-state index in [1.54, 1.807) is 49.5 Å². The maximum atomic E-state index is 12.8. The van der Waals surface area contributed by atoms with Crippen molar-refractivity contribution in [2.75, 3.05) is 24.3 Å². The van der Waals surface area contributed by atoms with Gasteiger partial charge >= 0.3 is 0 Å². The first-order valence-electron chi connectivity index (χ1n) is 7.49. The van der Waals surface area contributed by atoms with E-state index in [1.807, 2.05) is 18.2 Å². The van der Waals surface area contributed by atoms with Crippen LogP contribution in [0.1, 0.15) is 5.56 Å². The van der Waals surface area contributed by atoms with Gasteiger partial charge in [0.15, 0.2) is 9.84 Å². The van der Waals surface area contributed by atoms with Crippen LogP contribution in [-0.4, -0.2) is 33.7 Å². The third kappa shape index (κ3) is 3.05. The molecule has 0 atom stereocenters. The lowest BCUT2D eigenvalue weighted by Crippen LogP contribution is -2.33. The molecular formula is C18H17NO4S. The Morgan fingerprint density at radius 1 is 1.00 bits per heavy atom. The van der Waals surface area contributed by atoms with Crippen LogP contribution in [-0.2, 0) is 19.4 Å². The Morgan fingerprint density at radius 2 is 1.58 bits per heavy atom. The zero-order valence-electron chi connectivity index (χ0n) is 13.2. The highest BCUT2D eigenvalue weighted by molar-refractivity contribution is 8.00. The van der Waals surface area contributed by atoms with Gasteiger partial charge in [0.05, 0.1) is 5.75 Å². The first-order chi connectivity index (χ1) is 11.5. The lowest BCUT2D eigenvalue weighted by molar-refractivity contribution is -0.118. The van der Waals surface area contributed by atoms with Crippen molar-refractivity contribution in [3.05, 3.63) is 72.0 Å². The summed E-state index contributed by atoms with van der Waals surface area (Å²) in [5, 5.41) is 0. The van der Waals surface area contributed by atoms with Gasteiger partial charge in [-0.15, -0.1) is 0 Å². The maximum Gasteiger partial charge on any atom is 0.294 e. The third-order valence-corrected chi connectivity index (χ3v) is 5.54. The van der Waals surface area contributed by atoms with E-state index in [2.05, 4.69) is 0 Å². The maximum absolute atomic E-state index is 12.8. The highest BCUT2D eigenvalue weighted by Crippen LogP contribution is 2.31. The van der Waals surface area contributed by atoms with Crippen molar-refractivity contribution < 1.29 is 17.9 Å². The van der Waals surface area contributed by atoms with Crippen molar-refractivity contribution in [2.45, 2.75) is 0 Å². The zero-order valence-corrected chi connectivity index (χ0v) is 14.0. The van der Waals surface area contributed by atoms with Crippen LogP contribution in [0.3, 0.4) is 0 Å². The van der Waals surface area contributed by atoms with E-state index < -0.39 is 15.7 Å². The number of anilines is 1. The van der Waals surface area contributed by atoms with Crippen LogP contribution in [0.25, 0.3) is 4.91 Å². The first kappa shape index (κ1) is 16.3. The summed E-state index contributed by atoms with van der Waals surface area (Å²) in [6, 6.07) is 17.6. The quantitative estimate of drug-likeness (QED) is 0.859. The minimum atomic E-state index is -3.58. The summed E-state index contributed by atoms with van der Waals surface area (Å²) in [7, 11) is -1.98. The van der Waals surface area contributed by atoms with Gasteiger partial charge in [0.25, 0.3) is 5.91 Å². The van der Waals surface area contributed by atoms with Crippen molar-refractivity contribution in [1.82, 2.24) is 0 Å². The summed E-state index contributed by atoms with van der Waals surface area (Å²) in [6.07, 6.45) is 0. The van der Waals surface area contributed by atoms with Gasteiger partial charge in [0.2, 0.25) is 5.76 Å². The number of sulfone groups is 1. The fourth-order valence-electron chi connectivity index (χ4n) is 2.54. The number of nitrogens with zero attached hydrogens (tertiary/aromatic N) is 1. The molecule has 5 nitrogen and oxygen atoms in total. The van der Waals surface area contributed by atoms with E-state index in [0.29, 0.717) is 11.3 Å². The van der Waals surface area contributed by atoms with E-state index in [-0.39, 0.29) is 23.0 Å². The number of amides is 1. The van der Waals surface area contributed by atoms with Gasteiger partial charge in [-0.1, -0.05) is 48.5 Å². The smallest absolute Gasteiger partial charge is 0.294 e. The predicted molar refractivity (Wildman–Crippen MR) is 93.0 cm³/mol. The largest absolute Gasteiger partial charge is 0.486 e. The minimum absolute atomic E-state index is 0.0254. The van der Waals surface area contributed by atoms with Crippen molar-refractivity contribution in [2.24, 2.45) is 0 Å². The fourth-order valence-corrected chi connectivity index (χ4v) is 3.97. The number of hydrogen-bond acceptors (Lipinski definition) is 4. The molecule has 0 aromatic heterocycles. The topological polar surface area (TPSA) is 63.7 Å². The summed E-state index contributed by atoms with van der Waals surface area (Å²) >= 11 is 0. The van der Waals surface area contributed by atoms with E-state index in [4.69, 9.17) is 4.74 Å². The van der Waals surface area contributed by atoms with E-state index in [1.165, 1.54) is 4.90 Å². The summed E-state index contributed by atoms with van der Waals surface area (Å²) in [4.78, 5) is 14.2. The molecule has 2 aromatic carbocycles. The van der Waals surface area contributed by atoms with Crippen molar-refractivity contribution in [1.29, 1.82) is 0 Å². The van der Waals surface area contributed by atoms with Gasteiger partial charge < -0.3 is 9.64 Å². The summed E-state index contributed by atoms with van der Waals surface area (Å²) in [6.45, 7) is -0.0254. The molecule has 0 saturated heterocycles. The Balaban J connectivity index is 2.11.